The number of nitrogens with zero attached hydrogens (tertiary/aromatic N) is 3. The van der Waals surface area contributed by atoms with Crippen LogP contribution in [0.2, 0.25) is 0 Å². The van der Waals surface area contributed by atoms with Crippen LogP contribution >= 0.6 is 0 Å². The highest BCUT2D eigenvalue weighted by molar-refractivity contribution is 5.44. The van der Waals surface area contributed by atoms with Gasteiger partial charge in [0.1, 0.15) is 0 Å². The lowest BCUT2D eigenvalue weighted by atomic mass is 10.1. The molecule has 0 radical (unpaired) electrons. The summed E-state index contributed by atoms with van der Waals surface area (Å²) in [5.74, 6) is 1.02. The summed E-state index contributed by atoms with van der Waals surface area (Å²) in [6.07, 6.45) is 0. The van der Waals surface area contributed by atoms with E-state index in [1.54, 1.807) is 19.9 Å². The third-order valence-electron chi connectivity index (χ3n) is 2.77. The van der Waals surface area contributed by atoms with Gasteiger partial charge in [0.15, 0.2) is 0 Å². The van der Waals surface area contributed by atoms with Crippen LogP contribution in [-0.4, -0.2) is 15.1 Å². The summed E-state index contributed by atoms with van der Waals surface area (Å²) in [7, 11) is 0. The van der Waals surface area contributed by atoms with Crippen LogP contribution in [0.25, 0.3) is 0 Å². The van der Waals surface area contributed by atoms with E-state index in [-0.39, 0.29) is 10.6 Å². The van der Waals surface area contributed by atoms with E-state index >= 15 is 0 Å². The summed E-state index contributed by atoms with van der Waals surface area (Å²) >= 11 is 0. The Morgan fingerprint density at radius 2 is 2.11 bits per heavy atom. The molecule has 100 valence electrons. The summed E-state index contributed by atoms with van der Waals surface area (Å²) in [4.78, 5) is 10.4. The van der Waals surface area contributed by atoms with Gasteiger partial charge in [0.05, 0.1) is 11.5 Å². The molecule has 0 amide bonds. The number of aromatic nitrogens is 2. The van der Waals surface area contributed by atoms with Gasteiger partial charge in [0.2, 0.25) is 11.8 Å². The molecule has 0 atom stereocenters. The Morgan fingerprint density at radius 1 is 1.32 bits per heavy atom. The summed E-state index contributed by atoms with van der Waals surface area (Å²) in [6.45, 7) is 4.41. The van der Waals surface area contributed by atoms with Crippen molar-refractivity contribution in [1.82, 2.24) is 15.5 Å². The maximum absolute atomic E-state index is 10.8. The van der Waals surface area contributed by atoms with E-state index in [1.165, 1.54) is 6.07 Å². The van der Waals surface area contributed by atoms with Crippen molar-refractivity contribution in [3.63, 3.8) is 0 Å². The number of aryl methyl sites for hydroxylation is 1. The fraction of sp³-hybridized carbons (Fsp3) is 0.333. The minimum Gasteiger partial charge on any atom is -0.424 e. The number of benzene rings is 1. The van der Waals surface area contributed by atoms with Crippen molar-refractivity contribution >= 4 is 5.69 Å². The molecule has 1 aromatic heterocycles. The highest BCUT2D eigenvalue weighted by Crippen LogP contribution is 2.20. The molecule has 0 aliphatic carbocycles. The normalized spacial score (nSPS) is 10.6. The zero-order chi connectivity index (χ0) is 13.8. The number of nitrogens with one attached hydrogen (secondary N) is 1. The number of hydrogen-bond donors (Lipinski definition) is 1. The smallest absolute Gasteiger partial charge is 0.272 e. The van der Waals surface area contributed by atoms with Crippen LogP contribution in [0.15, 0.2) is 22.6 Å². The predicted molar refractivity (Wildman–Crippen MR) is 67.4 cm³/mol. The molecule has 2 aromatic rings. The summed E-state index contributed by atoms with van der Waals surface area (Å²) in [5.41, 5.74) is 1.68. The molecule has 0 fully saturated rings. The van der Waals surface area contributed by atoms with Crippen molar-refractivity contribution in [2.45, 2.75) is 26.9 Å². The first-order chi connectivity index (χ1) is 9.08. The Kier molecular flexibility index (Phi) is 3.86. The average molecular weight is 262 g/mol. The first kappa shape index (κ1) is 13.2. The molecule has 7 nitrogen and oxygen atoms in total. The quantitative estimate of drug-likeness (QED) is 0.653. The molecule has 0 unspecified atom stereocenters. The highest BCUT2D eigenvalue weighted by atomic mass is 16.6. The molecule has 2 rings (SSSR count). The van der Waals surface area contributed by atoms with Gasteiger partial charge in [-0.15, -0.1) is 10.2 Å². The molecule has 1 heterocycles. The second-order valence-electron chi connectivity index (χ2n) is 4.14. The monoisotopic (exact) mass is 262 g/mol. The SMILES string of the molecule is Cc1nnc(CNCc2cccc([N+](=O)[O-])c2C)o1. The number of hydrogen-bond acceptors (Lipinski definition) is 6. The van der Waals surface area contributed by atoms with E-state index in [9.17, 15) is 10.1 Å². The predicted octanol–water partition coefficient (Wildman–Crippen LogP) is 1.88. The lowest BCUT2D eigenvalue weighted by molar-refractivity contribution is -0.385. The zero-order valence-electron chi connectivity index (χ0n) is 10.7. The van der Waals surface area contributed by atoms with E-state index in [0.717, 1.165) is 5.56 Å². The van der Waals surface area contributed by atoms with Crippen LogP contribution in [0.4, 0.5) is 5.69 Å². The molecule has 0 aliphatic rings. The van der Waals surface area contributed by atoms with Gasteiger partial charge in [-0.1, -0.05) is 12.1 Å². The lowest BCUT2D eigenvalue weighted by Gasteiger charge is -2.06. The van der Waals surface area contributed by atoms with Gasteiger partial charge >= 0.3 is 0 Å². The first-order valence-electron chi connectivity index (χ1n) is 5.80. The molecule has 0 aliphatic heterocycles. The summed E-state index contributed by atoms with van der Waals surface area (Å²) in [6, 6.07) is 5.04. The van der Waals surface area contributed by atoms with Crippen LogP contribution in [0.3, 0.4) is 0 Å². The highest BCUT2D eigenvalue weighted by Gasteiger charge is 2.12. The van der Waals surface area contributed by atoms with E-state index < -0.39 is 0 Å². The van der Waals surface area contributed by atoms with E-state index in [1.807, 2.05) is 6.07 Å². The maximum Gasteiger partial charge on any atom is 0.272 e. The van der Waals surface area contributed by atoms with Crippen LogP contribution in [0, 0.1) is 24.0 Å². The van der Waals surface area contributed by atoms with Gasteiger partial charge in [0, 0.05) is 25.1 Å². The Bertz CT molecular complexity index is 594. The second kappa shape index (κ2) is 5.57. The molecule has 7 heteroatoms. The Hall–Kier alpha value is -2.28. The van der Waals surface area contributed by atoms with Crippen molar-refractivity contribution in [2.75, 3.05) is 0 Å². The number of rotatable bonds is 5. The molecular formula is C12H14N4O3. The third-order valence-corrected chi connectivity index (χ3v) is 2.77. The zero-order valence-corrected chi connectivity index (χ0v) is 10.7. The largest absolute Gasteiger partial charge is 0.424 e. The first-order valence-corrected chi connectivity index (χ1v) is 5.80. The molecule has 0 saturated heterocycles. The standard InChI is InChI=1S/C12H14N4O3/c1-8-10(4-3-5-11(8)16(17)18)6-13-7-12-15-14-9(2)19-12/h3-5,13H,6-7H2,1-2H3. The molecule has 0 bridgehead atoms. The molecular weight excluding hydrogens is 248 g/mol. The molecule has 1 aromatic carbocycles. The van der Waals surface area contributed by atoms with Crippen molar-refractivity contribution in [3.8, 4) is 0 Å². The maximum atomic E-state index is 10.8. The van der Waals surface area contributed by atoms with Crippen LogP contribution in [0.5, 0.6) is 0 Å². The van der Waals surface area contributed by atoms with Crippen molar-refractivity contribution < 1.29 is 9.34 Å². The molecule has 0 spiro atoms. The third kappa shape index (κ3) is 3.14. The second-order valence-corrected chi connectivity index (χ2v) is 4.14. The fourth-order valence-corrected chi connectivity index (χ4v) is 1.77. The van der Waals surface area contributed by atoms with Crippen LogP contribution < -0.4 is 5.32 Å². The van der Waals surface area contributed by atoms with Gasteiger partial charge in [-0.05, 0) is 12.5 Å². The number of nitro benzene ring substituents is 1. The fourth-order valence-electron chi connectivity index (χ4n) is 1.77. The molecule has 1 N–H and O–H groups in total. The molecule has 19 heavy (non-hydrogen) atoms. The van der Waals surface area contributed by atoms with Crippen molar-refractivity contribution in [1.29, 1.82) is 0 Å². The summed E-state index contributed by atoms with van der Waals surface area (Å²) < 4.78 is 5.22. The van der Waals surface area contributed by atoms with Gasteiger partial charge in [-0.2, -0.15) is 0 Å². The summed E-state index contributed by atoms with van der Waals surface area (Å²) in [5, 5.41) is 21.5. The van der Waals surface area contributed by atoms with Crippen molar-refractivity contribution in [3.05, 3.63) is 51.2 Å². The Morgan fingerprint density at radius 3 is 2.74 bits per heavy atom. The van der Waals surface area contributed by atoms with Gasteiger partial charge < -0.3 is 9.73 Å². The lowest BCUT2D eigenvalue weighted by Crippen LogP contribution is -2.14. The van der Waals surface area contributed by atoms with Gasteiger partial charge in [-0.25, -0.2) is 0 Å². The van der Waals surface area contributed by atoms with Crippen LogP contribution in [-0.2, 0) is 13.1 Å². The molecule has 0 saturated carbocycles. The van der Waals surface area contributed by atoms with Gasteiger partial charge in [-0.3, -0.25) is 10.1 Å². The topological polar surface area (TPSA) is 94.1 Å². The Labute approximate surface area is 109 Å². The van der Waals surface area contributed by atoms with E-state index in [0.29, 0.717) is 30.4 Å². The minimum absolute atomic E-state index is 0.132. The van der Waals surface area contributed by atoms with Crippen molar-refractivity contribution in [2.24, 2.45) is 0 Å². The minimum atomic E-state index is -0.375. The Balaban J connectivity index is 2.00. The average Bonchev–Trinajstić information content (AvgIpc) is 2.77. The van der Waals surface area contributed by atoms with Crippen LogP contribution in [0.1, 0.15) is 22.9 Å². The van der Waals surface area contributed by atoms with Gasteiger partial charge in [0.25, 0.3) is 5.69 Å². The van der Waals surface area contributed by atoms with E-state index in [2.05, 4.69) is 15.5 Å². The van der Waals surface area contributed by atoms with E-state index in [4.69, 9.17) is 4.42 Å². The number of nitro groups is 1.